The van der Waals surface area contributed by atoms with Gasteiger partial charge in [0.1, 0.15) is 28.2 Å². The van der Waals surface area contributed by atoms with Gasteiger partial charge >= 0.3 is 0 Å². The molecule has 1 aliphatic rings. The van der Waals surface area contributed by atoms with Crippen LogP contribution in [0.3, 0.4) is 0 Å². The molecule has 1 unspecified atom stereocenters. The Morgan fingerprint density at radius 1 is 0.558 bits per heavy atom. The van der Waals surface area contributed by atoms with Gasteiger partial charge in [-0.1, -0.05) is 115 Å². The first-order valence-corrected chi connectivity index (χ1v) is 17.5. The van der Waals surface area contributed by atoms with Gasteiger partial charge in [0.15, 0.2) is 11.5 Å². The number of aliphatic imine (C=N–C) groups is 2. The van der Waals surface area contributed by atoms with Gasteiger partial charge in [0.2, 0.25) is 0 Å². The van der Waals surface area contributed by atoms with Crippen molar-refractivity contribution >= 4 is 77.4 Å². The largest absolute Gasteiger partial charge is 0.456 e. The maximum atomic E-state index is 6.77. The standard InChI is InChI=1S/C46H30N4O2/c1-46(48-44(28-13-3-2-4-14-28)47-45(49-46)34-19-12-24-41-42(34)33-17-7-10-23-39(33)51-41)36-20-11-18-32-35-27-29(25-26-40(35)52-43(32)36)50-37-21-8-5-15-30(37)31-16-6-9-22-38(31)50/h2-27H,1H3,(H,47,48,49). The van der Waals surface area contributed by atoms with Crippen LogP contribution in [0.25, 0.3) is 71.4 Å². The van der Waals surface area contributed by atoms with Gasteiger partial charge in [-0.3, -0.25) is 0 Å². The predicted molar refractivity (Wildman–Crippen MR) is 212 cm³/mol. The van der Waals surface area contributed by atoms with Crippen molar-refractivity contribution < 1.29 is 8.83 Å². The van der Waals surface area contributed by atoms with E-state index in [1.54, 1.807) is 0 Å². The molecule has 0 saturated heterocycles. The van der Waals surface area contributed by atoms with Crippen LogP contribution in [0.1, 0.15) is 23.6 Å². The Morgan fingerprint density at radius 3 is 2.02 bits per heavy atom. The van der Waals surface area contributed by atoms with Crippen LogP contribution in [-0.2, 0) is 5.66 Å². The van der Waals surface area contributed by atoms with Crippen molar-refractivity contribution in [2.45, 2.75) is 12.6 Å². The average molecular weight is 671 g/mol. The summed E-state index contributed by atoms with van der Waals surface area (Å²) >= 11 is 0. The van der Waals surface area contributed by atoms with Crippen molar-refractivity contribution in [3.8, 4) is 5.69 Å². The molecule has 246 valence electrons. The minimum Gasteiger partial charge on any atom is -0.456 e. The quantitative estimate of drug-likeness (QED) is 0.203. The molecule has 1 atom stereocenters. The number of para-hydroxylation sites is 4. The fraction of sp³-hybridized carbons (Fsp3) is 0.0435. The van der Waals surface area contributed by atoms with Crippen LogP contribution in [0.15, 0.2) is 177 Å². The maximum Gasteiger partial charge on any atom is 0.160 e. The smallest absolute Gasteiger partial charge is 0.160 e. The lowest BCUT2D eigenvalue weighted by atomic mass is 9.96. The summed E-state index contributed by atoms with van der Waals surface area (Å²) in [7, 11) is 0. The summed E-state index contributed by atoms with van der Waals surface area (Å²) < 4.78 is 15.4. The lowest BCUT2D eigenvalue weighted by Gasteiger charge is -2.33. The predicted octanol–water partition coefficient (Wildman–Crippen LogP) is 11.3. The molecule has 10 aromatic rings. The normalized spacial score (nSPS) is 16.2. The summed E-state index contributed by atoms with van der Waals surface area (Å²) in [6, 6.07) is 54.4. The molecule has 0 amide bonds. The Balaban J connectivity index is 1.11. The third kappa shape index (κ3) is 4.18. The average Bonchev–Trinajstić information content (AvgIpc) is 3.87. The highest BCUT2D eigenvalue weighted by Crippen LogP contribution is 2.40. The number of fused-ring (bicyclic) bond motifs is 9. The van der Waals surface area contributed by atoms with Gasteiger partial charge in [-0.05, 0) is 49.4 Å². The zero-order valence-electron chi connectivity index (χ0n) is 28.2. The van der Waals surface area contributed by atoms with Crippen molar-refractivity contribution in [1.29, 1.82) is 0 Å². The van der Waals surface area contributed by atoms with Gasteiger partial charge in [0, 0.05) is 54.7 Å². The first-order chi connectivity index (χ1) is 25.6. The second-order valence-corrected chi connectivity index (χ2v) is 13.6. The summed E-state index contributed by atoms with van der Waals surface area (Å²) in [5, 5.41) is 10.4. The molecular formula is C46H30N4O2. The van der Waals surface area contributed by atoms with E-state index in [2.05, 4.69) is 126 Å². The van der Waals surface area contributed by atoms with Crippen molar-refractivity contribution in [1.82, 2.24) is 9.88 Å². The minimum atomic E-state index is -0.924. The number of nitrogens with one attached hydrogen (secondary N) is 1. The number of benzene rings is 7. The molecule has 0 bridgehead atoms. The van der Waals surface area contributed by atoms with Crippen LogP contribution in [0.2, 0.25) is 0 Å². The van der Waals surface area contributed by atoms with E-state index < -0.39 is 5.66 Å². The highest BCUT2D eigenvalue weighted by Gasteiger charge is 2.36. The van der Waals surface area contributed by atoms with Crippen LogP contribution < -0.4 is 5.32 Å². The summed E-state index contributed by atoms with van der Waals surface area (Å²) in [5.74, 6) is 1.36. The molecule has 52 heavy (non-hydrogen) atoms. The highest BCUT2D eigenvalue weighted by atomic mass is 16.3. The Kier molecular flexibility index (Phi) is 5.99. The molecule has 3 aromatic heterocycles. The third-order valence-electron chi connectivity index (χ3n) is 10.4. The van der Waals surface area contributed by atoms with Gasteiger partial charge in [-0.15, -0.1) is 0 Å². The number of hydrogen-bond donors (Lipinski definition) is 1. The lowest BCUT2D eigenvalue weighted by molar-refractivity contribution is 0.452. The zero-order valence-corrected chi connectivity index (χ0v) is 28.2. The van der Waals surface area contributed by atoms with Crippen molar-refractivity contribution in [3.63, 3.8) is 0 Å². The molecular weight excluding hydrogens is 641 g/mol. The van der Waals surface area contributed by atoms with Crippen LogP contribution >= 0.6 is 0 Å². The molecule has 4 heterocycles. The Bertz CT molecular complexity index is 3070. The topological polar surface area (TPSA) is 68.0 Å². The maximum absolute atomic E-state index is 6.77. The second-order valence-electron chi connectivity index (χ2n) is 13.6. The van der Waals surface area contributed by atoms with Gasteiger partial charge in [0.25, 0.3) is 0 Å². The van der Waals surface area contributed by atoms with Crippen molar-refractivity contribution in [2.24, 2.45) is 9.98 Å². The summed E-state index contributed by atoms with van der Waals surface area (Å²) in [6.07, 6.45) is 0. The monoisotopic (exact) mass is 670 g/mol. The third-order valence-corrected chi connectivity index (χ3v) is 10.4. The lowest BCUT2D eigenvalue weighted by Crippen LogP contribution is -2.46. The van der Waals surface area contributed by atoms with Gasteiger partial charge in [0.05, 0.1) is 11.0 Å². The Labute approximate surface area is 297 Å². The number of aromatic nitrogens is 1. The molecule has 7 aromatic carbocycles. The SMILES string of the molecule is CC1(c2cccc3c2oc2ccc(-n4c5ccccc5c5ccccc54)cc23)N=C(c2ccccc2)N=C(c2cccc3oc4ccccc4c23)N1. The molecule has 0 saturated carbocycles. The van der Waals surface area contributed by atoms with Crippen molar-refractivity contribution in [3.05, 3.63) is 174 Å². The molecule has 6 heteroatoms. The van der Waals surface area contributed by atoms with Crippen LogP contribution in [0.4, 0.5) is 0 Å². The molecule has 0 fully saturated rings. The van der Waals surface area contributed by atoms with Gasteiger partial charge in [-0.2, -0.15) is 0 Å². The van der Waals surface area contributed by atoms with Crippen LogP contribution in [-0.4, -0.2) is 16.2 Å². The van der Waals surface area contributed by atoms with E-state index in [0.29, 0.717) is 5.84 Å². The fourth-order valence-corrected chi connectivity index (χ4v) is 8.08. The second kappa shape index (κ2) is 10.8. The molecule has 11 rings (SSSR count). The first kappa shape index (κ1) is 28.9. The number of amidine groups is 2. The minimum absolute atomic E-state index is 0.642. The number of hydrogen-bond acceptors (Lipinski definition) is 5. The number of nitrogens with zero attached hydrogens (tertiary/aromatic N) is 3. The Hall–Kier alpha value is -6.92. The van der Waals surface area contributed by atoms with E-state index in [9.17, 15) is 0 Å². The van der Waals surface area contributed by atoms with Crippen LogP contribution in [0.5, 0.6) is 0 Å². The summed E-state index contributed by atoms with van der Waals surface area (Å²) in [6.45, 7) is 2.10. The van der Waals surface area contributed by atoms with Crippen LogP contribution in [0, 0.1) is 0 Å². The van der Waals surface area contributed by atoms with Crippen molar-refractivity contribution in [2.75, 3.05) is 0 Å². The summed E-state index contributed by atoms with van der Waals surface area (Å²) in [5.41, 5.74) is 8.57. The number of furan rings is 2. The van der Waals surface area contributed by atoms with E-state index in [-0.39, 0.29) is 0 Å². The molecule has 6 nitrogen and oxygen atoms in total. The first-order valence-electron chi connectivity index (χ1n) is 17.5. The van der Waals surface area contributed by atoms with Gasteiger partial charge < -0.3 is 18.7 Å². The van der Waals surface area contributed by atoms with Gasteiger partial charge in [-0.25, -0.2) is 9.98 Å². The molecule has 0 aliphatic carbocycles. The molecule has 1 aliphatic heterocycles. The molecule has 0 radical (unpaired) electrons. The van der Waals surface area contributed by atoms with E-state index in [0.717, 1.165) is 72.1 Å². The summed E-state index contributed by atoms with van der Waals surface area (Å²) in [4.78, 5) is 10.5. The Morgan fingerprint density at radius 2 is 1.21 bits per heavy atom. The van der Waals surface area contributed by atoms with E-state index in [1.165, 1.54) is 21.8 Å². The number of rotatable bonds is 4. The van der Waals surface area contributed by atoms with E-state index in [1.807, 2.05) is 48.5 Å². The molecule has 0 spiro atoms. The van der Waals surface area contributed by atoms with E-state index in [4.69, 9.17) is 18.8 Å². The van der Waals surface area contributed by atoms with E-state index >= 15 is 0 Å². The highest BCUT2D eigenvalue weighted by molar-refractivity contribution is 6.22. The fourth-order valence-electron chi connectivity index (χ4n) is 8.08. The molecule has 1 N–H and O–H groups in total. The zero-order chi connectivity index (χ0) is 34.4.